The van der Waals surface area contributed by atoms with Crippen LogP contribution in [0.1, 0.15) is 39.3 Å². The van der Waals surface area contributed by atoms with Gasteiger partial charge in [-0.15, -0.1) is 0 Å². The van der Waals surface area contributed by atoms with Crippen molar-refractivity contribution in [1.29, 1.82) is 0 Å². The van der Waals surface area contributed by atoms with Crippen LogP contribution in [0.3, 0.4) is 0 Å². The van der Waals surface area contributed by atoms with Gasteiger partial charge in [-0.25, -0.2) is 4.98 Å². The maximum absolute atomic E-state index is 4.62. The van der Waals surface area contributed by atoms with E-state index in [4.69, 9.17) is 0 Å². The average Bonchev–Trinajstić information content (AvgIpc) is 2.57. The summed E-state index contributed by atoms with van der Waals surface area (Å²) in [5.41, 5.74) is 1.09. The molecule has 1 aromatic rings. The Kier molecular flexibility index (Phi) is 6.35. The van der Waals surface area contributed by atoms with Gasteiger partial charge in [-0.3, -0.25) is 0 Å². The highest BCUT2D eigenvalue weighted by Crippen LogP contribution is 2.14. The molecule has 1 aromatic heterocycles. The number of hydrogen-bond donors (Lipinski definition) is 1. The summed E-state index contributed by atoms with van der Waals surface area (Å²) in [7, 11) is 4.25. The Morgan fingerprint density at radius 2 is 2.05 bits per heavy atom. The topological polar surface area (TPSA) is 33.1 Å². The standard InChI is InChI=1S/C15H30N4/c1-7-8-19-10-13(4)16-15(19)17-14(9-12(2)3)11-18(5)6/h10,12,14H,7-9,11H2,1-6H3,(H,16,17). The van der Waals surface area contributed by atoms with Crippen molar-refractivity contribution in [2.75, 3.05) is 26.0 Å². The lowest BCUT2D eigenvalue weighted by Gasteiger charge is -2.24. The molecule has 0 fully saturated rings. The van der Waals surface area contributed by atoms with Gasteiger partial charge >= 0.3 is 0 Å². The Labute approximate surface area is 118 Å². The molecule has 0 bridgehead atoms. The molecule has 1 rings (SSSR count). The Morgan fingerprint density at radius 1 is 1.37 bits per heavy atom. The first kappa shape index (κ1) is 16.0. The second kappa shape index (κ2) is 7.53. The summed E-state index contributed by atoms with van der Waals surface area (Å²) in [6.07, 6.45) is 4.43. The molecule has 0 aromatic carbocycles. The van der Waals surface area contributed by atoms with Crippen LogP contribution in [0.5, 0.6) is 0 Å². The minimum Gasteiger partial charge on any atom is -0.352 e. The van der Waals surface area contributed by atoms with Crippen LogP contribution in [0.15, 0.2) is 6.20 Å². The smallest absolute Gasteiger partial charge is 0.203 e. The molecule has 0 amide bonds. The highest BCUT2D eigenvalue weighted by molar-refractivity contribution is 5.30. The summed E-state index contributed by atoms with van der Waals surface area (Å²) in [5.74, 6) is 1.71. The summed E-state index contributed by atoms with van der Waals surface area (Å²) >= 11 is 0. The largest absolute Gasteiger partial charge is 0.352 e. The Morgan fingerprint density at radius 3 is 2.58 bits per heavy atom. The van der Waals surface area contributed by atoms with Gasteiger partial charge in [0, 0.05) is 25.3 Å². The van der Waals surface area contributed by atoms with Crippen LogP contribution in [-0.2, 0) is 6.54 Å². The average molecular weight is 266 g/mol. The van der Waals surface area contributed by atoms with Gasteiger partial charge in [0.15, 0.2) is 0 Å². The second-order valence-corrected chi connectivity index (χ2v) is 6.13. The maximum atomic E-state index is 4.62. The zero-order valence-electron chi connectivity index (χ0n) is 13.4. The van der Waals surface area contributed by atoms with Gasteiger partial charge in [0.1, 0.15) is 0 Å². The molecular weight excluding hydrogens is 236 g/mol. The lowest BCUT2D eigenvalue weighted by molar-refractivity contribution is 0.355. The van der Waals surface area contributed by atoms with E-state index >= 15 is 0 Å². The Balaban J connectivity index is 2.76. The van der Waals surface area contributed by atoms with Crippen molar-refractivity contribution < 1.29 is 0 Å². The minimum absolute atomic E-state index is 0.451. The molecule has 1 N–H and O–H groups in total. The molecule has 4 nitrogen and oxygen atoms in total. The summed E-state index contributed by atoms with van der Waals surface area (Å²) < 4.78 is 2.23. The molecule has 0 aliphatic rings. The summed E-state index contributed by atoms with van der Waals surface area (Å²) in [6, 6.07) is 0.451. The molecule has 1 heterocycles. The van der Waals surface area contributed by atoms with Crippen LogP contribution in [-0.4, -0.2) is 41.1 Å². The fourth-order valence-electron chi connectivity index (χ4n) is 2.44. The number of nitrogens with zero attached hydrogens (tertiary/aromatic N) is 3. The number of likely N-dealkylation sites (N-methyl/N-ethyl adjacent to an activating group) is 1. The van der Waals surface area contributed by atoms with E-state index in [0.29, 0.717) is 12.0 Å². The van der Waals surface area contributed by atoms with E-state index in [-0.39, 0.29) is 0 Å². The Hall–Kier alpha value is -1.03. The van der Waals surface area contributed by atoms with Crippen molar-refractivity contribution in [2.24, 2.45) is 5.92 Å². The third kappa shape index (κ3) is 5.64. The predicted octanol–water partition coefficient (Wildman–Crippen LogP) is 2.99. The molecule has 0 aliphatic carbocycles. The fourth-order valence-corrected chi connectivity index (χ4v) is 2.44. The maximum Gasteiger partial charge on any atom is 0.203 e. The van der Waals surface area contributed by atoms with Crippen LogP contribution < -0.4 is 5.32 Å². The molecule has 19 heavy (non-hydrogen) atoms. The van der Waals surface area contributed by atoms with Gasteiger partial charge in [0.05, 0.1) is 5.69 Å². The number of nitrogens with one attached hydrogen (secondary N) is 1. The second-order valence-electron chi connectivity index (χ2n) is 6.13. The third-order valence-electron chi connectivity index (χ3n) is 3.04. The first-order valence-electron chi connectivity index (χ1n) is 7.37. The number of aromatic nitrogens is 2. The molecule has 0 saturated heterocycles. The number of anilines is 1. The quantitative estimate of drug-likeness (QED) is 0.785. The van der Waals surface area contributed by atoms with E-state index in [0.717, 1.165) is 37.6 Å². The minimum atomic E-state index is 0.451. The first-order valence-corrected chi connectivity index (χ1v) is 7.37. The monoisotopic (exact) mass is 266 g/mol. The fraction of sp³-hybridized carbons (Fsp3) is 0.800. The molecule has 0 saturated carbocycles. The molecule has 110 valence electrons. The lowest BCUT2D eigenvalue weighted by atomic mass is 10.0. The summed E-state index contributed by atoms with van der Waals surface area (Å²) in [4.78, 5) is 6.85. The highest BCUT2D eigenvalue weighted by atomic mass is 15.2. The van der Waals surface area contributed by atoms with Crippen molar-refractivity contribution in [3.05, 3.63) is 11.9 Å². The highest BCUT2D eigenvalue weighted by Gasteiger charge is 2.15. The lowest BCUT2D eigenvalue weighted by Crippen LogP contribution is -2.34. The molecule has 1 atom stereocenters. The zero-order valence-corrected chi connectivity index (χ0v) is 13.4. The molecule has 0 aliphatic heterocycles. The van der Waals surface area contributed by atoms with Crippen LogP contribution in [0.25, 0.3) is 0 Å². The van der Waals surface area contributed by atoms with E-state index in [9.17, 15) is 0 Å². The third-order valence-corrected chi connectivity index (χ3v) is 3.04. The SMILES string of the molecule is CCCn1cc(C)nc1NC(CC(C)C)CN(C)C. The van der Waals surface area contributed by atoms with Gasteiger partial charge in [-0.05, 0) is 39.8 Å². The van der Waals surface area contributed by atoms with Crippen molar-refractivity contribution in [3.63, 3.8) is 0 Å². The van der Waals surface area contributed by atoms with Gasteiger partial charge < -0.3 is 14.8 Å². The van der Waals surface area contributed by atoms with E-state index < -0.39 is 0 Å². The van der Waals surface area contributed by atoms with Crippen molar-refractivity contribution >= 4 is 5.95 Å². The van der Waals surface area contributed by atoms with Gasteiger partial charge in [0.2, 0.25) is 5.95 Å². The predicted molar refractivity (Wildman–Crippen MR) is 82.7 cm³/mol. The molecule has 1 unspecified atom stereocenters. The van der Waals surface area contributed by atoms with Crippen LogP contribution in [0, 0.1) is 12.8 Å². The summed E-state index contributed by atoms with van der Waals surface area (Å²) in [5, 5.41) is 3.63. The van der Waals surface area contributed by atoms with Crippen LogP contribution in [0.2, 0.25) is 0 Å². The number of imidazole rings is 1. The summed E-state index contributed by atoms with van der Waals surface area (Å²) in [6.45, 7) is 10.9. The van der Waals surface area contributed by atoms with E-state index in [1.807, 2.05) is 0 Å². The van der Waals surface area contributed by atoms with E-state index in [2.05, 4.69) is 67.8 Å². The van der Waals surface area contributed by atoms with Crippen molar-refractivity contribution in [1.82, 2.24) is 14.5 Å². The molecular formula is C15H30N4. The van der Waals surface area contributed by atoms with Gasteiger partial charge in [-0.2, -0.15) is 0 Å². The van der Waals surface area contributed by atoms with Crippen molar-refractivity contribution in [2.45, 2.75) is 53.1 Å². The van der Waals surface area contributed by atoms with Crippen LogP contribution in [0.4, 0.5) is 5.95 Å². The van der Waals surface area contributed by atoms with E-state index in [1.54, 1.807) is 0 Å². The first-order chi connectivity index (χ1) is 8.92. The Bertz CT molecular complexity index is 358. The number of hydrogen-bond acceptors (Lipinski definition) is 3. The molecule has 0 spiro atoms. The normalized spacial score (nSPS) is 13.3. The zero-order chi connectivity index (χ0) is 14.4. The van der Waals surface area contributed by atoms with Gasteiger partial charge in [0.25, 0.3) is 0 Å². The van der Waals surface area contributed by atoms with Gasteiger partial charge in [-0.1, -0.05) is 20.8 Å². The van der Waals surface area contributed by atoms with Crippen molar-refractivity contribution in [3.8, 4) is 0 Å². The van der Waals surface area contributed by atoms with Crippen LogP contribution >= 0.6 is 0 Å². The van der Waals surface area contributed by atoms with E-state index in [1.165, 1.54) is 0 Å². The molecule has 0 radical (unpaired) electrons. The molecule has 4 heteroatoms. The number of rotatable bonds is 8. The number of aryl methyl sites for hydroxylation is 2.